The SMILES string of the molecule is C=C(CC[C@]12O[C@H](C(=O)O)[C@@](O)(C(=O)O)[C@](C(=O)O)(O1)[C@H](OC(=O)C[C@H](O)CC[C@H](C)CC)[C@H]2O)[C@@H](OC(C)=O)[C@H](C)Cc1ccccc1. The van der Waals surface area contributed by atoms with Gasteiger partial charge in [0.25, 0.3) is 0 Å². The number of hydrogen-bond acceptors (Lipinski definition) is 12. The molecule has 3 rings (SSSR count). The largest absolute Gasteiger partial charge is 0.479 e. The Labute approximate surface area is 283 Å². The molecule has 15 nitrogen and oxygen atoms in total. The molecule has 2 bridgehead atoms. The summed E-state index contributed by atoms with van der Waals surface area (Å²) >= 11 is 0. The highest BCUT2D eigenvalue weighted by atomic mass is 16.8. The molecular weight excluding hydrogens is 648 g/mol. The standard InChI is InChI=1S/C34H46O15/c1-6-18(2)12-13-23(36)17-24(37)47-27-26(38)32(48-28(29(39)40)33(45,30(41)42)34(27,49-32)31(43)44)15-14-19(3)25(46-21(5)35)20(4)16-22-10-8-7-9-11-22/h7-11,18,20,23,25-28,36,38,45H,3,6,12-17H2,1-2,4-5H3,(H,39,40)(H,41,42)(H,43,44)/t18-,20-,23-,25-,26-,27-,28-,32+,33-,34+/m1/s1. The summed E-state index contributed by atoms with van der Waals surface area (Å²) in [7, 11) is 0. The molecule has 2 heterocycles. The molecule has 2 aliphatic rings. The molecule has 0 radical (unpaired) electrons. The predicted octanol–water partition coefficient (Wildman–Crippen LogP) is 1.83. The van der Waals surface area contributed by atoms with Gasteiger partial charge in [0.05, 0.1) is 12.5 Å². The first-order valence-electron chi connectivity index (χ1n) is 16.1. The highest BCUT2D eigenvalue weighted by Gasteiger charge is 2.85. The fourth-order valence-corrected chi connectivity index (χ4v) is 6.46. The van der Waals surface area contributed by atoms with Crippen molar-refractivity contribution < 1.29 is 73.6 Å². The maximum atomic E-state index is 13.0. The number of hydrogen-bond donors (Lipinski definition) is 6. The van der Waals surface area contributed by atoms with Crippen molar-refractivity contribution in [3.63, 3.8) is 0 Å². The lowest BCUT2D eigenvalue weighted by atomic mass is 9.74. The minimum Gasteiger partial charge on any atom is -0.479 e. The Balaban J connectivity index is 1.99. The van der Waals surface area contributed by atoms with E-state index in [0.717, 1.165) is 12.0 Å². The number of rotatable bonds is 18. The molecule has 0 amide bonds. The van der Waals surface area contributed by atoms with Crippen LogP contribution in [0.5, 0.6) is 0 Å². The Morgan fingerprint density at radius 3 is 2.18 bits per heavy atom. The van der Waals surface area contributed by atoms with Gasteiger partial charge in [-0.25, -0.2) is 14.4 Å². The fourth-order valence-electron chi connectivity index (χ4n) is 6.46. The van der Waals surface area contributed by atoms with E-state index in [0.29, 0.717) is 12.8 Å². The van der Waals surface area contributed by atoms with Crippen molar-refractivity contribution in [2.45, 2.75) is 120 Å². The molecule has 0 aliphatic carbocycles. The molecule has 10 atom stereocenters. The second kappa shape index (κ2) is 15.8. The first kappa shape index (κ1) is 39.5. The molecule has 1 aromatic carbocycles. The minimum atomic E-state index is -3.94. The summed E-state index contributed by atoms with van der Waals surface area (Å²) in [6.07, 6.45) is -9.55. The van der Waals surface area contributed by atoms with Gasteiger partial charge in [-0.1, -0.05) is 64.1 Å². The molecule has 2 aliphatic heterocycles. The number of fused-ring (bicyclic) bond motifs is 2. The topological polar surface area (TPSA) is 244 Å². The number of carboxylic acids is 3. The zero-order valence-corrected chi connectivity index (χ0v) is 27.9. The van der Waals surface area contributed by atoms with E-state index in [2.05, 4.69) is 6.58 Å². The Morgan fingerprint density at radius 2 is 1.65 bits per heavy atom. The maximum absolute atomic E-state index is 13.0. The summed E-state index contributed by atoms with van der Waals surface area (Å²) < 4.78 is 21.9. The molecule has 15 heteroatoms. The monoisotopic (exact) mass is 694 g/mol. The third-order valence-electron chi connectivity index (χ3n) is 9.36. The third-order valence-corrected chi connectivity index (χ3v) is 9.36. The van der Waals surface area contributed by atoms with Gasteiger partial charge in [-0.15, -0.1) is 0 Å². The van der Waals surface area contributed by atoms with Crippen LogP contribution in [-0.2, 0) is 49.3 Å². The second-order valence-corrected chi connectivity index (χ2v) is 13.0. The lowest BCUT2D eigenvalue weighted by Crippen LogP contribution is -2.78. The van der Waals surface area contributed by atoms with Gasteiger partial charge < -0.3 is 49.6 Å². The molecule has 6 N–H and O–H groups in total. The van der Waals surface area contributed by atoms with E-state index in [9.17, 15) is 54.6 Å². The quantitative estimate of drug-likeness (QED) is 0.0948. The Hall–Kier alpha value is -3.89. The van der Waals surface area contributed by atoms with Gasteiger partial charge in [0.2, 0.25) is 23.1 Å². The van der Waals surface area contributed by atoms with Crippen LogP contribution in [0.4, 0.5) is 0 Å². The number of benzene rings is 1. The van der Waals surface area contributed by atoms with Gasteiger partial charge in [0.1, 0.15) is 12.2 Å². The van der Waals surface area contributed by atoms with Gasteiger partial charge in [-0.3, -0.25) is 9.59 Å². The average Bonchev–Trinajstić information content (AvgIpc) is 3.24. The normalized spacial score (nSPS) is 30.0. The van der Waals surface area contributed by atoms with Crippen LogP contribution in [0.3, 0.4) is 0 Å². The minimum absolute atomic E-state index is 0.166. The summed E-state index contributed by atoms with van der Waals surface area (Å²) in [6.45, 7) is 10.9. The smallest absolute Gasteiger partial charge is 0.344 e. The number of carbonyl (C=O) groups excluding carboxylic acids is 2. The van der Waals surface area contributed by atoms with E-state index < -0.39 is 90.2 Å². The van der Waals surface area contributed by atoms with E-state index >= 15 is 0 Å². The van der Waals surface area contributed by atoms with Crippen molar-refractivity contribution >= 4 is 29.8 Å². The fraction of sp³-hybridized carbons (Fsp3) is 0.618. The highest BCUT2D eigenvalue weighted by molar-refractivity contribution is 5.98. The van der Waals surface area contributed by atoms with E-state index in [1.165, 1.54) is 6.92 Å². The zero-order valence-electron chi connectivity index (χ0n) is 27.9. The van der Waals surface area contributed by atoms with Crippen molar-refractivity contribution in [2.24, 2.45) is 11.8 Å². The number of esters is 2. The summed E-state index contributed by atoms with van der Waals surface area (Å²) in [5.41, 5.74) is -6.40. The van der Waals surface area contributed by atoms with E-state index in [-0.39, 0.29) is 30.3 Å². The van der Waals surface area contributed by atoms with Crippen LogP contribution in [0, 0.1) is 11.8 Å². The molecule has 2 fully saturated rings. The number of aliphatic carboxylic acids is 3. The van der Waals surface area contributed by atoms with Crippen LogP contribution in [0.1, 0.15) is 71.8 Å². The van der Waals surface area contributed by atoms with E-state index in [1.54, 1.807) is 6.92 Å². The van der Waals surface area contributed by atoms with Gasteiger partial charge >= 0.3 is 29.8 Å². The predicted molar refractivity (Wildman–Crippen MR) is 168 cm³/mol. The van der Waals surface area contributed by atoms with Crippen molar-refractivity contribution in [3.05, 3.63) is 48.0 Å². The highest BCUT2D eigenvalue weighted by Crippen LogP contribution is 2.56. The van der Waals surface area contributed by atoms with Crippen LogP contribution >= 0.6 is 0 Å². The van der Waals surface area contributed by atoms with E-state index in [1.807, 2.05) is 44.2 Å². The number of aliphatic hydroxyl groups is 3. The first-order chi connectivity index (χ1) is 22.9. The van der Waals surface area contributed by atoms with Crippen molar-refractivity contribution in [3.8, 4) is 0 Å². The van der Waals surface area contributed by atoms with Crippen molar-refractivity contribution in [2.75, 3.05) is 0 Å². The van der Waals surface area contributed by atoms with Gasteiger partial charge in [0.15, 0.2) is 6.10 Å². The van der Waals surface area contributed by atoms with Crippen LogP contribution in [-0.4, -0.2) is 108 Å². The van der Waals surface area contributed by atoms with Gasteiger partial charge in [-0.2, -0.15) is 0 Å². The lowest BCUT2D eigenvalue weighted by Gasteiger charge is -2.48. The van der Waals surface area contributed by atoms with Crippen LogP contribution in [0.2, 0.25) is 0 Å². The molecule has 272 valence electrons. The molecule has 49 heavy (non-hydrogen) atoms. The Morgan fingerprint density at radius 1 is 1.02 bits per heavy atom. The number of carboxylic acid groups (broad SMARTS) is 3. The molecular formula is C34H46O15. The number of aliphatic hydroxyl groups excluding tert-OH is 2. The molecule has 1 aromatic rings. The maximum Gasteiger partial charge on any atom is 0.344 e. The molecule has 0 spiro atoms. The number of ether oxygens (including phenoxy) is 4. The van der Waals surface area contributed by atoms with Crippen LogP contribution < -0.4 is 0 Å². The molecule has 0 unspecified atom stereocenters. The zero-order chi connectivity index (χ0) is 36.9. The summed E-state index contributed by atoms with van der Waals surface area (Å²) in [6, 6.07) is 9.24. The average molecular weight is 695 g/mol. The first-order valence-corrected chi connectivity index (χ1v) is 16.1. The number of carbonyl (C=O) groups is 5. The van der Waals surface area contributed by atoms with Gasteiger partial charge in [-0.05, 0) is 42.7 Å². The lowest BCUT2D eigenvalue weighted by molar-refractivity contribution is -0.374. The van der Waals surface area contributed by atoms with Crippen molar-refractivity contribution in [1.29, 1.82) is 0 Å². The van der Waals surface area contributed by atoms with E-state index in [4.69, 9.17) is 18.9 Å². The molecule has 0 saturated carbocycles. The third kappa shape index (κ3) is 7.96. The molecule has 0 aromatic heterocycles. The van der Waals surface area contributed by atoms with Crippen LogP contribution in [0.15, 0.2) is 42.5 Å². The van der Waals surface area contributed by atoms with Crippen LogP contribution in [0.25, 0.3) is 0 Å². The Kier molecular flexibility index (Phi) is 12.7. The summed E-state index contributed by atoms with van der Waals surface area (Å²) in [5, 5.41) is 63.8. The molecule has 2 saturated heterocycles. The van der Waals surface area contributed by atoms with Gasteiger partial charge in [0, 0.05) is 19.3 Å². The second-order valence-electron chi connectivity index (χ2n) is 13.0. The summed E-state index contributed by atoms with van der Waals surface area (Å²) in [5.74, 6) is -11.5. The Bertz CT molecular complexity index is 1400. The van der Waals surface area contributed by atoms with Crippen molar-refractivity contribution in [1.82, 2.24) is 0 Å². The summed E-state index contributed by atoms with van der Waals surface area (Å²) in [4.78, 5) is 62.9.